The zero-order valence-corrected chi connectivity index (χ0v) is 12.6. The van der Waals surface area contributed by atoms with Crippen LogP contribution in [-0.4, -0.2) is 6.21 Å². The number of aliphatic imine (C=N–C) groups is 1. The molecule has 0 heterocycles. The highest BCUT2D eigenvalue weighted by atomic mass is 14.8. The average molecular weight is 265 g/mol. The highest BCUT2D eigenvalue weighted by Gasteiger charge is 2.14. The van der Waals surface area contributed by atoms with Crippen LogP contribution in [0.15, 0.2) is 60.1 Å². The van der Waals surface area contributed by atoms with Crippen LogP contribution in [0, 0.1) is 5.41 Å². The second-order valence-corrected chi connectivity index (χ2v) is 6.00. The summed E-state index contributed by atoms with van der Waals surface area (Å²) in [5, 5.41) is 2.57. The normalized spacial score (nSPS) is 13.8. The van der Waals surface area contributed by atoms with Gasteiger partial charge in [0.25, 0.3) is 0 Å². The molecule has 0 unspecified atom stereocenters. The van der Waals surface area contributed by atoms with Gasteiger partial charge in [-0.25, -0.2) is 0 Å². The van der Waals surface area contributed by atoms with Gasteiger partial charge in [-0.2, -0.15) is 0 Å². The Kier molecular flexibility index (Phi) is 4.39. The molecule has 0 saturated carbocycles. The summed E-state index contributed by atoms with van der Waals surface area (Å²) in [6.07, 6.45) is 4.97. The van der Waals surface area contributed by atoms with Crippen LogP contribution in [0.25, 0.3) is 10.8 Å². The molecule has 0 spiro atoms. The number of hydrogen-bond acceptors (Lipinski definition) is 1. The van der Waals surface area contributed by atoms with Crippen LogP contribution in [0.5, 0.6) is 0 Å². The zero-order valence-electron chi connectivity index (χ0n) is 12.6. The molecule has 20 heavy (non-hydrogen) atoms. The Balaban J connectivity index is 2.30. The summed E-state index contributed by atoms with van der Waals surface area (Å²) in [6, 6.07) is 15.1. The van der Waals surface area contributed by atoms with Gasteiger partial charge in [0.05, 0.1) is 6.04 Å². The summed E-state index contributed by atoms with van der Waals surface area (Å²) in [6.45, 7) is 10.3. The van der Waals surface area contributed by atoms with E-state index < -0.39 is 0 Å². The summed E-state index contributed by atoms with van der Waals surface area (Å²) in [4.78, 5) is 4.76. The maximum Gasteiger partial charge on any atom is 0.0723 e. The molecule has 2 rings (SSSR count). The minimum absolute atomic E-state index is 0.0700. The molecule has 1 atom stereocenters. The lowest BCUT2D eigenvalue weighted by atomic mass is 9.91. The van der Waals surface area contributed by atoms with Gasteiger partial charge in [-0.3, -0.25) is 4.99 Å². The first-order valence-electron chi connectivity index (χ1n) is 7.16. The minimum atomic E-state index is 0.0700. The third-order valence-electron chi connectivity index (χ3n) is 3.59. The van der Waals surface area contributed by atoms with Crippen molar-refractivity contribution in [3.63, 3.8) is 0 Å². The quantitative estimate of drug-likeness (QED) is 0.495. The molecule has 0 aliphatic heterocycles. The number of hydrogen-bond donors (Lipinski definition) is 0. The van der Waals surface area contributed by atoms with Crippen LogP contribution >= 0.6 is 0 Å². The lowest BCUT2D eigenvalue weighted by Gasteiger charge is -2.18. The second kappa shape index (κ2) is 6.04. The standard InChI is InChI=1S/C19H23N/c1-5-13-19(3,4)14-20-15(2)17-12-8-10-16-9-6-7-11-18(16)17/h5-12,14-15H,1,13H2,2-4H3/t15-/m1/s1. The van der Waals surface area contributed by atoms with Crippen LogP contribution in [-0.2, 0) is 0 Å². The summed E-state index contributed by atoms with van der Waals surface area (Å²) in [5.41, 5.74) is 1.36. The first-order valence-corrected chi connectivity index (χ1v) is 7.16. The van der Waals surface area contributed by atoms with E-state index >= 15 is 0 Å². The van der Waals surface area contributed by atoms with Crippen LogP contribution in [0.4, 0.5) is 0 Å². The van der Waals surface area contributed by atoms with E-state index in [2.05, 4.69) is 76.0 Å². The van der Waals surface area contributed by atoms with Gasteiger partial charge in [-0.15, -0.1) is 6.58 Å². The molecule has 0 amide bonds. The van der Waals surface area contributed by atoms with Crippen molar-refractivity contribution < 1.29 is 0 Å². The van der Waals surface area contributed by atoms with Crippen LogP contribution in [0.3, 0.4) is 0 Å². The predicted molar refractivity (Wildman–Crippen MR) is 89.5 cm³/mol. The molecule has 0 bridgehead atoms. The number of benzene rings is 2. The van der Waals surface area contributed by atoms with Gasteiger partial charge in [0.2, 0.25) is 0 Å². The molecule has 0 saturated heterocycles. The molecular formula is C19H23N. The Labute approximate surface area is 122 Å². The second-order valence-electron chi connectivity index (χ2n) is 6.00. The van der Waals surface area contributed by atoms with E-state index in [1.807, 2.05) is 6.08 Å². The van der Waals surface area contributed by atoms with E-state index in [9.17, 15) is 0 Å². The first kappa shape index (κ1) is 14.5. The average Bonchev–Trinajstić information content (AvgIpc) is 2.44. The van der Waals surface area contributed by atoms with E-state index in [1.165, 1.54) is 16.3 Å². The van der Waals surface area contributed by atoms with Crippen molar-refractivity contribution >= 4 is 17.0 Å². The third kappa shape index (κ3) is 3.36. The molecule has 0 aliphatic carbocycles. The fourth-order valence-corrected chi connectivity index (χ4v) is 2.43. The largest absolute Gasteiger partial charge is 0.289 e. The molecule has 0 aromatic heterocycles. The van der Waals surface area contributed by atoms with E-state index in [0.29, 0.717) is 0 Å². The molecule has 0 radical (unpaired) electrons. The topological polar surface area (TPSA) is 12.4 Å². The molecule has 2 aromatic carbocycles. The Bertz CT molecular complexity index is 617. The molecule has 0 aliphatic rings. The molecule has 1 heteroatoms. The van der Waals surface area contributed by atoms with Gasteiger partial charge in [0.1, 0.15) is 0 Å². The van der Waals surface area contributed by atoms with Crippen LogP contribution in [0.1, 0.15) is 38.8 Å². The van der Waals surface area contributed by atoms with Crippen molar-refractivity contribution in [1.82, 2.24) is 0 Å². The van der Waals surface area contributed by atoms with Gasteiger partial charge in [-0.1, -0.05) is 62.4 Å². The summed E-state index contributed by atoms with van der Waals surface area (Å²) < 4.78 is 0. The Hall–Kier alpha value is -1.89. The number of rotatable bonds is 5. The van der Waals surface area contributed by atoms with Crippen molar-refractivity contribution in [2.75, 3.05) is 0 Å². The first-order chi connectivity index (χ1) is 9.53. The van der Waals surface area contributed by atoms with Gasteiger partial charge in [-0.05, 0) is 29.7 Å². The maximum absolute atomic E-state index is 4.76. The Morgan fingerprint density at radius 2 is 1.85 bits per heavy atom. The maximum atomic E-state index is 4.76. The van der Waals surface area contributed by atoms with Gasteiger partial charge in [0, 0.05) is 11.6 Å². The fraction of sp³-hybridized carbons (Fsp3) is 0.316. The van der Waals surface area contributed by atoms with Crippen molar-refractivity contribution in [3.05, 3.63) is 60.7 Å². The van der Waals surface area contributed by atoms with E-state index in [4.69, 9.17) is 4.99 Å². The zero-order chi connectivity index (χ0) is 14.6. The van der Waals surface area contributed by atoms with Gasteiger partial charge >= 0.3 is 0 Å². The molecule has 0 fully saturated rings. The minimum Gasteiger partial charge on any atom is -0.289 e. The highest BCUT2D eigenvalue weighted by Crippen LogP contribution is 2.27. The summed E-state index contributed by atoms with van der Waals surface area (Å²) in [5.74, 6) is 0. The monoisotopic (exact) mass is 265 g/mol. The van der Waals surface area contributed by atoms with Gasteiger partial charge < -0.3 is 0 Å². The van der Waals surface area contributed by atoms with Crippen molar-refractivity contribution in [2.45, 2.75) is 33.2 Å². The summed E-state index contributed by atoms with van der Waals surface area (Å²) >= 11 is 0. The predicted octanol–water partition coefficient (Wildman–Crippen LogP) is 5.57. The molecule has 104 valence electrons. The Morgan fingerprint density at radius 3 is 2.60 bits per heavy atom. The highest BCUT2D eigenvalue weighted by molar-refractivity contribution is 5.86. The van der Waals surface area contributed by atoms with Crippen molar-refractivity contribution in [3.8, 4) is 0 Å². The fourth-order valence-electron chi connectivity index (χ4n) is 2.43. The Morgan fingerprint density at radius 1 is 1.15 bits per heavy atom. The smallest absolute Gasteiger partial charge is 0.0723 e. The lowest BCUT2D eigenvalue weighted by Crippen LogP contribution is -2.12. The lowest BCUT2D eigenvalue weighted by molar-refractivity contribution is 0.541. The van der Waals surface area contributed by atoms with Crippen molar-refractivity contribution in [2.24, 2.45) is 10.4 Å². The van der Waals surface area contributed by atoms with Crippen molar-refractivity contribution in [1.29, 1.82) is 0 Å². The van der Waals surface area contributed by atoms with Crippen LogP contribution in [0.2, 0.25) is 0 Å². The summed E-state index contributed by atoms with van der Waals surface area (Å²) in [7, 11) is 0. The molecule has 1 nitrogen and oxygen atoms in total. The number of nitrogens with zero attached hydrogens (tertiary/aromatic N) is 1. The van der Waals surface area contributed by atoms with E-state index in [-0.39, 0.29) is 11.5 Å². The molecule has 0 N–H and O–H groups in total. The molecular weight excluding hydrogens is 242 g/mol. The van der Waals surface area contributed by atoms with E-state index in [0.717, 1.165) is 6.42 Å². The SMILES string of the molecule is C=CCC(C)(C)C=N[C@H](C)c1cccc2ccccc12. The van der Waals surface area contributed by atoms with Crippen LogP contribution < -0.4 is 0 Å². The number of allylic oxidation sites excluding steroid dienone is 1. The third-order valence-corrected chi connectivity index (χ3v) is 3.59. The molecule has 2 aromatic rings. The van der Waals surface area contributed by atoms with E-state index in [1.54, 1.807) is 0 Å². The van der Waals surface area contributed by atoms with Gasteiger partial charge in [0.15, 0.2) is 0 Å². The number of fused-ring (bicyclic) bond motifs is 1.